The first kappa shape index (κ1) is 25.9. The Morgan fingerprint density at radius 2 is 1.48 bits per heavy atom. The Labute approximate surface area is 162 Å². The third kappa shape index (κ3) is 8.17. The van der Waals surface area contributed by atoms with Crippen molar-refractivity contribution in [3.8, 4) is 0 Å². The van der Waals surface area contributed by atoms with E-state index in [1.807, 2.05) is 20.8 Å². The molecule has 0 amide bonds. The Morgan fingerprint density at radius 1 is 0.926 bits per heavy atom. The molecule has 160 valence electrons. The molecular formula is C20H38O7. The summed E-state index contributed by atoms with van der Waals surface area (Å²) < 4.78 is 5.50. The van der Waals surface area contributed by atoms with Crippen LogP contribution in [-0.2, 0) is 9.53 Å². The van der Waals surface area contributed by atoms with Gasteiger partial charge >= 0.3 is 5.97 Å². The van der Waals surface area contributed by atoms with Crippen molar-refractivity contribution in [3.05, 3.63) is 11.8 Å². The highest BCUT2D eigenvalue weighted by molar-refractivity contribution is 5.75. The van der Waals surface area contributed by atoms with Crippen LogP contribution in [0.3, 0.4) is 0 Å². The molecule has 27 heavy (non-hydrogen) atoms. The highest BCUT2D eigenvalue weighted by Gasteiger charge is 2.40. The molecule has 0 saturated carbocycles. The predicted molar refractivity (Wildman–Crippen MR) is 103 cm³/mol. The lowest BCUT2D eigenvalue weighted by molar-refractivity contribution is -0.185. The van der Waals surface area contributed by atoms with E-state index in [-0.39, 0.29) is 0 Å². The minimum atomic E-state index is -2.03. The smallest absolute Gasteiger partial charge is 0.338 e. The standard InChI is InChI=1S/C20H38O7/c1-5-9-11-13-20(7-3,8-4)27-19(26)18(25)17(24)16(23)15(22)14(21)12-10-6-2/h12,15-18,21-25H,5-11,13H2,1-4H3. The summed E-state index contributed by atoms with van der Waals surface area (Å²) in [6.45, 7) is 7.72. The Hall–Kier alpha value is -1.15. The quantitative estimate of drug-likeness (QED) is 0.175. The maximum atomic E-state index is 12.3. The fraction of sp³-hybridized carbons (Fsp3) is 0.850. The molecule has 0 spiro atoms. The molecule has 0 aromatic rings. The first-order valence-electron chi connectivity index (χ1n) is 10.0. The number of carbonyl (C=O) groups is 1. The van der Waals surface area contributed by atoms with Crippen molar-refractivity contribution in [1.82, 2.24) is 0 Å². The Bertz CT molecular complexity index is 446. The van der Waals surface area contributed by atoms with Crippen molar-refractivity contribution in [2.24, 2.45) is 0 Å². The van der Waals surface area contributed by atoms with Crippen molar-refractivity contribution >= 4 is 5.97 Å². The average Bonchev–Trinajstić information content (AvgIpc) is 2.68. The zero-order valence-electron chi connectivity index (χ0n) is 17.1. The minimum Gasteiger partial charge on any atom is -0.510 e. The van der Waals surface area contributed by atoms with Crippen LogP contribution in [0.4, 0.5) is 0 Å². The fourth-order valence-corrected chi connectivity index (χ4v) is 2.87. The second-order valence-corrected chi connectivity index (χ2v) is 7.06. The van der Waals surface area contributed by atoms with Gasteiger partial charge in [-0.05, 0) is 38.2 Å². The Balaban J connectivity index is 5.02. The number of ether oxygens (including phenoxy) is 1. The average molecular weight is 391 g/mol. The summed E-state index contributed by atoms with van der Waals surface area (Å²) >= 11 is 0. The van der Waals surface area contributed by atoms with Gasteiger partial charge in [0.15, 0.2) is 6.10 Å². The van der Waals surface area contributed by atoms with Crippen LogP contribution in [0, 0.1) is 0 Å². The lowest BCUT2D eigenvalue weighted by Crippen LogP contribution is -2.50. The van der Waals surface area contributed by atoms with Gasteiger partial charge in [-0.3, -0.25) is 0 Å². The van der Waals surface area contributed by atoms with E-state index in [0.717, 1.165) is 25.7 Å². The van der Waals surface area contributed by atoms with Crippen LogP contribution < -0.4 is 0 Å². The lowest BCUT2D eigenvalue weighted by atomic mass is 9.90. The van der Waals surface area contributed by atoms with Crippen LogP contribution in [0.2, 0.25) is 0 Å². The van der Waals surface area contributed by atoms with E-state index in [4.69, 9.17) is 4.74 Å². The van der Waals surface area contributed by atoms with E-state index in [9.17, 15) is 30.3 Å². The number of hydrogen-bond donors (Lipinski definition) is 5. The molecule has 7 nitrogen and oxygen atoms in total. The van der Waals surface area contributed by atoms with Gasteiger partial charge in [0.2, 0.25) is 0 Å². The van der Waals surface area contributed by atoms with Crippen LogP contribution >= 0.6 is 0 Å². The number of unbranched alkanes of at least 4 members (excludes halogenated alkanes) is 3. The van der Waals surface area contributed by atoms with Crippen molar-refractivity contribution in [3.63, 3.8) is 0 Å². The van der Waals surface area contributed by atoms with E-state index >= 15 is 0 Å². The molecule has 0 aliphatic heterocycles. The molecule has 0 bridgehead atoms. The lowest BCUT2D eigenvalue weighted by Gasteiger charge is -2.34. The van der Waals surface area contributed by atoms with Gasteiger partial charge in [-0.1, -0.05) is 47.0 Å². The molecule has 4 atom stereocenters. The summed E-state index contributed by atoms with van der Waals surface area (Å²) in [6.07, 6.45) is -0.573. The number of carbonyl (C=O) groups excluding carboxylic acids is 1. The van der Waals surface area contributed by atoms with Gasteiger partial charge in [-0.2, -0.15) is 0 Å². The summed E-state index contributed by atoms with van der Waals surface area (Å²) in [6, 6.07) is 0. The Morgan fingerprint density at radius 3 is 1.96 bits per heavy atom. The molecule has 0 aliphatic carbocycles. The molecule has 7 heteroatoms. The van der Waals surface area contributed by atoms with E-state index < -0.39 is 41.7 Å². The van der Waals surface area contributed by atoms with Crippen molar-refractivity contribution in [2.45, 2.75) is 109 Å². The molecule has 0 aliphatic rings. The van der Waals surface area contributed by atoms with E-state index in [1.54, 1.807) is 0 Å². The van der Waals surface area contributed by atoms with Gasteiger partial charge < -0.3 is 30.3 Å². The van der Waals surface area contributed by atoms with Crippen molar-refractivity contribution in [2.75, 3.05) is 0 Å². The zero-order chi connectivity index (χ0) is 21.0. The topological polar surface area (TPSA) is 127 Å². The summed E-state index contributed by atoms with van der Waals surface area (Å²) in [5, 5.41) is 49.7. The second-order valence-electron chi connectivity index (χ2n) is 7.06. The molecule has 0 radical (unpaired) electrons. The number of aliphatic hydroxyl groups excluding tert-OH is 5. The summed E-state index contributed by atoms with van der Waals surface area (Å²) in [7, 11) is 0. The Kier molecular flexibility index (Phi) is 12.5. The molecule has 5 N–H and O–H groups in total. The third-order valence-electron chi connectivity index (χ3n) is 5.03. The van der Waals surface area contributed by atoms with Gasteiger partial charge in [0.25, 0.3) is 0 Å². The molecular weight excluding hydrogens is 352 g/mol. The van der Waals surface area contributed by atoms with Crippen LogP contribution in [0.5, 0.6) is 0 Å². The van der Waals surface area contributed by atoms with Crippen LogP contribution in [0.15, 0.2) is 11.8 Å². The maximum Gasteiger partial charge on any atom is 0.338 e. The van der Waals surface area contributed by atoms with Gasteiger partial charge in [0.1, 0.15) is 29.7 Å². The second kappa shape index (κ2) is 13.1. The van der Waals surface area contributed by atoms with Gasteiger partial charge in [0, 0.05) is 0 Å². The monoisotopic (exact) mass is 390 g/mol. The fourth-order valence-electron chi connectivity index (χ4n) is 2.87. The van der Waals surface area contributed by atoms with E-state index in [2.05, 4.69) is 6.92 Å². The molecule has 0 heterocycles. The maximum absolute atomic E-state index is 12.3. The van der Waals surface area contributed by atoms with Gasteiger partial charge in [-0.15, -0.1) is 0 Å². The first-order chi connectivity index (χ1) is 12.7. The highest BCUT2D eigenvalue weighted by atomic mass is 16.6. The van der Waals surface area contributed by atoms with Crippen LogP contribution in [-0.4, -0.2) is 61.5 Å². The van der Waals surface area contributed by atoms with E-state index in [1.165, 1.54) is 6.08 Å². The highest BCUT2D eigenvalue weighted by Crippen LogP contribution is 2.28. The number of esters is 1. The molecule has 0 fully saturated rings. The third-order valence-corrected chi connectivity index (χ3v) is 5.03. The number of hydrogen-bond acceptors (Lipinski definition) is 7. The number of allylic oxidation sites excluding steroid dienone is 1. The molecule has 4 unspecified atom stereocenters. The molecule has 0 aromatic heterocycles. The predicted octanol–water partition coefficient (Wildman–Crippen LogP) is 2.35. The van der Waals surface area contributed by atoms with Crippen molar-refractivity contribution < 1.29 is 35.1 Å². The molecule has 0 aromatic carbocycles. The van der Waals surface area contributed by atoms with Gasteiger partial charge in [0.05, 0.1) is 0 Å². The SMILES string of the molecule is CCCC=C(O)C(O)C(O)C(O)C(O)C(=O)OC(CC)(CC)CCCCC. The van der Waals surface area contributed by atoms with Gasteiger partial charge in [-0.25, -0.2) is 4.79 Å². The van der Waals surface area contributed by atoms with Crippen LogP contribution in [0.25, 0.3) is 0 Å². The summed E-state index contributed by atoms with van der Waals surface area (Å²) in [5.41, 5.74) is -0.736. The molecule has 0 rings (SSSR count). The van der Waals surface area contributed by atoms with Crippen molar-refractivity contribution in [1.29, 1.82) is 0 Å². The normalized spacial score (nSPS) is 17.3. The zero-order valence-corrected chi connectivity index (χ0v) is 17.1. The summed E-state index contributed by atoms with van der Waals surface area (Å²) in [5.74, 6) is -1.56. The molecule has 0 saturated heterocycles. The number of aliphatic hydroxyl groups is 5. The summed E-state index contributed by atoms with van der Waals surface area (Å²) in [4.78, 5) is 12.3. The van der Waals surface area contributed by atoms with Crippen LogP contribution in [0.1, 0.15) is 79.1 Å². The largest absolute Gasteiger partial charge is 0.510 e. The first-order valence-corrected chi connectivity index (χ1v) is 10.0. The van der Waals surface area contributed by atoms with E-state index in [0.29, 0.717) is 25.7 Å². The minimum absolute atomic E-state index is 0.476. The number of rotatable bonds is 14.